The first-order valence-corrected chi connectivity index (χ1v) is 10.9. The van der Waals surface area contributed by atoms with Gasteiger partial charge in [0.25, 0.3) is 0 Å². The number of nitrogens with zero attached hydrogens (tertiary/aromatic N) is 3. The van der Waals surface area contributed by atoms with Gasteiger partial charge in [-0.05, 0) is 43.7 Å². The van der Waals surface area contributed by atoms with Gasteiger partial charge in [-0.15, -0.1) is 0 Å². The first kappa shape index (κ1) is 33.2. The molecule has 0 radical (unpaired) electrons. The molecule has 2 aliphatic rings. The van der Waals surface area contributed by atoms with Crippen molar-refractivity contribution in [3.63, 3.8) is 0 Å². The molecule has 3 heterocycles. The molecule has 160 valence electrons. The van der Waals surface area contributed by atoms with Gasteiger partial charge in [-0.25, -0.2) is 4.98 Å². The van der Waals surface area contributed by atoms with E-state index in [1.54, 1.807) is 0 Å². The van der Waals surface area contributed by atoms with Crippen LogP contribution in [0.25, 0.3) is 0 Å². The molecule has 0 aromatic carbocycles. The van der Waals surface area contributed by atoms with Gasteiger partial charge >= 0.3 is 51.4 Å². The molecule has 0 saturated carbocycles. The van der Waals surface area contributed by atoms with E-state index in [-0.39, 0.29) is 64.9 Å². The normalized spacial score (nSPS) is 17.2. The van der Waals surface area contributed by atoms with E-state index in [1.165, 1.54) is 19.4 Å². The number of anilines is 1. The first-order valence-electron chi connectivity index (χ1n) is 10.9. The summed E-state index contributed by atoms with van der Waals surface area (Å²) in [5, 5.41) is 9.55. The summed E-state index contributed by atoms with van der Waals surface area (Å²) in [6, 6.07) is 6.14. The average Bonchev–Trinajstić information content (AvgIpc) is 2.75. The third-order valence-corrected chi connectivity index (χ3v) is 4.66. The van der Waals surface area contributed by atoms with Crippen molar-refractivity contribution < 1.29 is 56.5 Å². The molecule has 0 unspecified atom stereocenters. The third-order valence-electron chi connectivity index (χ3n) is 4.66. The van der Waals surface area contributed by atoms with E-state index in [0.717, 1.165) is 50.8 Å². The number of aliphatic hydroxyl groups excluding tert-OH is 1. The average molecular weight is 420 g/mol. The standard InChI is InChI=1S/C16H25N3O.3C2H6.CH3.K/c20-15-6-9-18(10-7-15)13-14-4-11-19(12-5-14)16-3-1-2-8-17-16;3*1-2;;/h1-3,8,14-15,20H,4-7,9-13H2;3*1-2H3;1H3;/q;;;;-1;+1. The molecule has 28 heavy (non-hydrogen) atoms. The summed E-state index contributed by atoms with van der Waals surface area (Å²) >= 11 is 0. The second-order valence-electron chi connectivity index (χ2n) is 6.15. The summed E-state index contributed by atoms with van der Waals surface area (Å²) in [6.07, 6.45) is 6.24. The molecule has 2 saturated heterocycles. The van der Waals surface area contributed by atoms with Crippen LogP contribution in [0.1, 0.15) is 67.2 Å². The molecule has 0 spiro atoms. The number of rotatable bonds is 3. The predicted octanol–water partition coefficient (Wildman–Crippen LogP) is 2.29. The molecule has 0 bridgehead atoms. The maximum Gasteiger partial charge on any atom is 1.00 e. The fourth-order valence-corrected chi connectivity index (χ4v) is 3.35. The van der Waals surface area contributed by atoms with Gasteiger partial charge in [0.05, 0.1) is 6.10 Å². The number of hydrogen-bond donors (Lipinski definition) is 1. The minimum atomic E-state index is -0.0581. The summed E-state index contributed by atoms with van der Waals surface area (Å²) < 4.78 is 0. The van der Waals surface area contributed by atoms with Crippen molar-refractivity contribution in [3.8, 4) is 0 Å². The number of pyridine rings is 1. The Balaban J connectivity index is -0.000000716. The molecular formula is C23H46KN3O. The Kier molecular flexibility index (Phi) is 26.3. The number of aromatic nitrogens is 1. The van der Waals surface area contributed by atoms with E-state index in [0.29, 0.717) is 0 Å². The van der Waals surface area contributed by atoms with Crippen LogP contribution in [0.2, 0.25) is 0 Å². The Morgan fingerprint density at radius 3 is 1.89 bits per heavy atom. The van der Waals surface area contributed by atoms with Crippen molar-refractivity contribution in [1.82, 2.24) is 9.88 Å². The van der Waals surface area contributed by atoms with Crippen LogP contribution in [0.15, 0.2) is 24.4 Å². The molecule has 0 amide bonds. The quantitative estimate of drug-likeness (QED) is 0.603. The van der Waals surface area contributed by atoms with Gasteiger partial charge in [0.1, 0.15) is 5.82 Å². The van der Waals surface area contributed by atoms with Crippen molar-refractivity contribution in [1.29, 1.82) is 0 Å². The molecule has 3 rings (SSSR count). The number of aliphatic hydroxyl groups is 1. The molecule has 5 heteroatoms. The van der Waals surface area contributed by atoms with Crippen LogP contribution in [0.3, 0.4) is 0 Å². The fourth-order valence-electron chi connectivity index (χ4n) is 3.35. The largest absolute Gasteiger partial charge is 1.00 e. The van der Waals surface area contributed by atoms with E-state index in [1.807, 2.05) is 53.8 Å². The zero-order valence-corrected chi connectivity index (χ0v) is 23.2. The minimum Gasteiger partial charge on any atom is -0.393 e. The van der Waals surface area contributed by atoms with Crippen LogP contribution >= 0.6 is 0 Å². The maximum absolute atomic E-state index is 9.55. The molecule has 1 N–H and O–H groups in total. The molecule has 1 aromatic rings. The monoisotopic (exact) mass is 419 g/mol. The summed E-state index contributed by atoms with van der Waals surface area (Å²) in [7, 11) is 0. The van der Waals surface area contributed by atoms with E-state index >= 15 is 0 Å². The van der Waals surface area contributed by atoms with Gasteiger partial charge in [-0.1, -0.05) is 47.6 Å². The molecular weight excluding hydrogens is 373 g/mol. The number of piperidine rings is 2. The van der Waals surface area contributed by atoms with Gasteiger partial charge in [0.2, 0.25) is 0 Å². The summed E-state index contributed by atoms with van der Waals surface area (Å²) in [5.41, 5.74) is 0. The Hall–Kier alpha value is 0.506. The minimum absolute atomic E-state index is 0. The van der Waals surface area contributed by atoms with Crippen molar-refractivity contribution in [2.75, 3.05) is 37.6 Å². The zero-order chi connectivity index (χ0) is 19.8. The molecule has 2 fully saturated rings. The van der Waals surface area contributed by atoms with Gasteiger partial charge in [-0.2, -0.15) is 0 Å². The van der Waals surface area contributed by atoms with Gasteiger partial charge in [0, 0.05) is 38.9 Å². The maximum atomic E-state index is 9.55. The number of likely N-dealkylation sites (tertiary alicyclic amines) is 1. The Morgan fingerprint density at radius 2 is 1.43 bits per heavy atom. The first-order chi connectivity index (χ1) is 12.8. The molecule has 4 nitrogen and oxygen atoms in total. The second-order valence-corrected chi connectivity index (χ2v) is 6.15. The van der Waals surface area contributed by atoms with Gasteiger partial charge < -0.3 is 22.3 Å². The molecule has 0 atom stereocenters. The fraction of sp³-hybridized carbons (Fsp3) is 0.739. The Labute approximate surface area is 218 Å². The van der Waals surface area contributed by atoms with Crippen molar-refractivity contribution in [2.24, 2.45) is 5.92 Å². The van der Waals surface area contributed by atoms with Crippen molar-refractivity contribution in [2.45, 2.75) is 73.3 Å². The predicted molar refractivity (Wildman–Crippen MR) is 121 cm³/mol. The van der Waals surface area contributed by atoms with Crippen molar-refractivity contribution >= 4 is 5.82 Å². The smallest absolute Gasteiger partial charge is 0.393 e. The third kappa shape index (κ3) is 12.9. The van der Waals surface area contributed by atoms with Crippen LogP contribution in [0, 0.1) is 13.3 Å². The van der Waals surface area contributed by atoms with Crippen LogP contribution in [-0.4, -0.2) is 53.8 Å². The van der Waals surface area contributed by atoms with E-state index in [2.05, 4.69) is 26.9 Å². The van der Waals surface area contributed by atoms with Gasteiger partial charge in [0.15, 0.2) is 0 Å². The topological polar surface area (TPSA) is 39.6 Å². The zero-order valence-electron chi connectivity index (χ0n) is 20.1. The summed E-state index contributed by atoms with van der Waals surface area (Å²) in [4.78, 5) is 9.37. The molecule has 0 aliphatic carbocycles. The van der Waals surface area contributed by atoms with E-state index < -0.39 is 0 Å². The summed E-state index contributed by atoms with van der Waals surface area (Å²) in [5.74, 6) is 1.93. The van der Waals surface area contributed by atoms with Crippen LogP contribution in [-0.2, 0) is 0 Å². The van der Waals surface area contributed by atoms with Crippen LogP contribution in [0.4, 0.5) is 5.82 Å². The van der Waals surface area contributed by atoms with E-state index in [9.17, 15) is 5.11 Å². The van der Waals surface area contributed by atoms with Crippen LogP contribution < -0.4 is 56.3 Å². The second kappa shape index (κ2) is 22.2. The molecule has 2 aliphatic heterocycles. The van der Waals surface area contributed by atoms with Crippen LogP contribution in [0.5, 0.6) is 0 Å². The molecule has 1 aromatic heterocycles. The van der Waals surface area contributed by atoms with Crippen molar-refractivity contribution in [3.05, 3.63) is 31.8 Å². The number of hydrogen-bond acceptors (Lipinski definition) is 4. The van der Waals surface area contributed by atoms with E-state index in [4.69, 9.17) is 0 Å². The SMILES string of the molecule is CC.CC.CC.OC1CCN(CC2CCN(c3ccccn3)CC2)CC1.[CH3-].[K+]. The Morgan fingerprint density at radius 1 is 0.893 bits per heavy atom. The Bertz CT molecular complexity index is 404. The summed E-state index contributed by atoms with van der Waals surface area (Å²) in [6.45, 7) is 17.6. The van der Waals surface area contributed by atoms with Gasteiger partial charge in [-0.3, -0.25) is 0 Å².